The number of likely N-dealkylation sites (N-methyl/N-ethyl adjacent to an activating group) is 1. The summed E-state index contributed by atoms with van der Waals surface area (Å²) in [7, 11) is 0. The molecule has 0 unspecified atom stereocenters. The maximum Gasteiger partial charge on any atom is 0.257 e. The van der Waals surface area contributed by atoms with Crippen LogP contribution in [0.1, 0.15) is 52.5 Å². The second kappa shape index (κ2) is 13.9. The van der Waals surface area contributed by atoms with E-state index < -0.39 is 0 Å². The Labute approximate surface area is 164 Å². The van der Waals surface area contributed by atoms with E-state index in [4.69, 9.17) is 4.74 Å². The molecule has 6 nitrogen and oxygen atoms in total. The predicted molar refractivity (Wildman–Crippen MR) is 112 cm³/mol. The summed E-state index contributed by atoms with van der Waals surface area (Å²) < 4.78 is 5.53. The van der Waals surface area contributed by atoms with Crippen molar-refractivity contribution < 1.29 is 9.53 Å². The Morgan fingerprint density at radius 3 is 2.59 bits per heavy atom. The van der Waals surface area contributed by atoms with Crippen LogP contribution in [-0.2, 0) is 11.3 Å². The molecule has 0 saturated carbocycles. The van der Waals surface area contributed by atoms with Crippen LogP contribution in [0.2, 0.25) is 0 Å². The molecule has 0 aliphatic rings. The molecule has 6 heteroatoms. The van der Waals surface area contributed by atoms with E-state index in [1.807, 2.05) is 31.2 Å². The molecule has 1 rings (SSSR count). The largest absolute Gasteiger partial charge is 0.484 e. The summed E-state index contributed by atoms with van der Waals surface area (Å²) >= 11 is 0. The Balaban J connectivity index is 2.50. The highest BCUT2D eigenvalue weighted by Gasteiger charge is 2.03. The van der Waals surface area contributed by atoms with Crippen LogP contribution < -0.4 is 20.7 Å². The quantitative estimate of drug-likeness (QED) is 0.298. The third-order valence-electron chi connectivity index (χ3n) is 3.91. The second-order valence-corrected chi connectivity index (χ2v) is 6.90. The zero-order chi connectivity index (χ0) is 19.9. The number of amides is 1. The minimum absolute atomic E-state index is 0.0289. The third kappa shape index (κ3) is 11.2. The fourth-order valence-electron chi connectivity index (χ4n) is 2.53. The van der Waals surface area contributed by atoms with Gasteiger partial charge in [-0.05, 0) is 43.9 Å². The first-order chi connectivity index (χ1) is 13.0. The van der Waals surface area contributed by atoms with Crippen LogP contribution in [0.3, 0.4) is 0 Å². The van der Waals surface area contributed by atoms with Crippen LogP contribution in [-0.4, -0.2) is 38.1 Å². The molecule has 0 aliphatic carbocycles. The first-order valence-electron chi connectivity index (χ1n) is 10.1. The first-order valence-corrected chi connectivity index (χ1v) is 10.1. The van der Waals surface area contributed by atoms with Crippen molar-refractivity contribution >= 4 is 11.9 Å². The van der Waals surface area contributed by atoms with Crippen molar-refractivity contribution in [2.75, 3.05) is 26.2 Å². The lowest BCUT2D eigenvalue weighted by atomic mass is 10.1. The van der Waals surface area contributed by atoms with Crippen molar-refractivity contribution in [1.29, 1.82) is 0 Å². The smallest absolute Gasteiger partial charge is 0.257 e. The van der Waals surface area contributed by atoms with E-state index in [1.165, 1.54) is 12.8 Å². The number of hydrogen-bond donors (Lipinski definition) is 3. The second-order valence-electron chi connectivity index (χ2n) is 6.90. The Hall–Kier alpha value is -2.24. The number of nitrogens with one attached hydrogen (secondary N) is 3. The van der Waals surface area contributed by atoms with Gasteiger partial charge >= 0.3 is 0 Å². The van der Waals surface area contributed by atoms with E-state index in [0.29, 0.717) is 18.8 Å². The maximum absolute atomic E-state index is 11.5. The van der Waals surface area contributed by atoms with Crippen molar-refractivity contribution in [3.63, 3.8) is 0 Å². The van der Waals surface area contributed by atoms with Gasteiger partial charge in [0.05, 0.1) is 6.54 Å². The highest BCUT2D eigenvalue weighted by atomic mass is 16.5. The lowest BCUT2D eigenvalue weighted by Crippen LogP contribution is -2.37. The molecular formula is C21H36N4O2. The highest BCUT2D eigenvalue weighted by molar-refractivity contribution is 5.79. The monoisotopic (exact) mass is 376 g/mol. The molecular weight excluding hydrogens is 340 g/mol. The Kier molecular flexibility index (Phi) is 11.7. The fourth-order valence-corrected chi connectivity index (χ4v) is 2.53. The molecule has 1 aromatic carbocycles. The molecule has 1 amide bonds. The number of guanidine groups is 1. The molecule has 3 N–H and O–H groups in total. The number of aliphatic imine (C=N–C) groups is 1. The number of carbonyl (C=O) groups is 1. The molecule has 0 heterocycles. The Bertz CT molecular complexity index is 573. The summed E-state index contributed by atoms with van der Waals surface area (Å²) in [6, 6.07) is 7.71. The number of hydrogen-bond acceptors (Lipinski definition) is 3. The molecule has 0 bridgehead atoms. The molecule has 0 atom stereocenters. The maximum atomic E-state index is 11.5. The van der Waals surface area contributed by atoms with Gasteiger partial charge in [-0.2, -0.15) is 0 Å². The zero-order valence-corrected chi connectivity index (χ0v) is 17.3. The van der Waals surface area contributed by atoms with Gasteiger partial charge in [0.2, 0.25) is 0 Å². The SMILES string of the molecule is CCNC(=O)COc1cccc(CN=C(NCC)NCCCCC(C)C)c1. The average Bonchev–Trinajstić information content (AvgIpc) is 2.64. The van der Waals surface area contributed by atoms with Gasteiger partial charge in [-0.25, -0.2) is 4.99 Å². The summed E-state index contributed by atoms with van der Waals surface area (Å²) in [4.78, 5) is 16.1. The molecule has 0 aromatic heterocycles. The van der Waals surface area contributed by atoms with Crippen LogP contribution in [0.25, 0.3) is 0 Å². The number of ether oxygens (including phenoxy) is 1. The molecule has 0 saturated heterocycles. The van der Waals surface area contributed by atoms with E-state index in [2.05, 4.69) is 41.7 Å². The molecule has 0 spiro atoms. The van der Waals surface area contributed by atoms with E-state index in [0.717, 1.165) is 37.0 Å². The van der Waals surface area contributed by atoms with Crippen LogP contribution in [0.15, 0.2) is 29.3 Å². The first kappa shape index (κ1) is 22.8. The molecule has 1 aromatic rings. The number of rotatable bonds is 12. The summed E-state index contributed by atoms with van der Waals surface area (Å²) in [6.07, 6.45) is 3.64. The van der Waals surface area contributed by atoms with Crippen LogP contribution in [0, 0.1) is 5.92 Å². The van der Waals surface area contributed by atoms with Crippen LogP contribution >= 0.6 is 0 Å². The summed E-state index contributed by atoms with van der Waals surface area (Å²) in [6.45, 7) is 11.4. The van der Waals surface area contributed by atoms with Crippen LogP contribution in [0.5, 0.6) is 5.75 Å². The van der Waals surface area contributed by atoms with Crippen molar-refractivity contribution in [2.24, 2.45) is 10.9 Å². The van der Waals surface area contributed by atoms with Crippen molar-refractivity contribution in [2.45, 2.75) is 53.5 Å². The number of benzene rings is 1. The van der Waals surface area contributed by atoms with Gasteiger partial charge < -0.3 is 20.7 Å². The van der Waals surface area contributed by atoms with E-state index in [9.17, 15) is 4.79 Å². The Morgan fingerprint density at radius 1 is 1.11 bits per heavy atom. The normalized spacial score (nSPS) is 11.4. The molecule has 0 fully saturated rings. The van der Waals surface area contributed by atoms with Gasteiger partial charge in [0.25, 0.3) is 5.91 Å². The molecule has 27 heavy (non-hydrogen) atoms. The van der Waals surface area contributed by atoms with Crippen LogP contribution in [0.4, 0.5) is 0 Å². The van der Waals surface area contributed by atoms with Gasteiger partial charge in [-0.15, -0.1) is 0 Å². The summed E-state index contributed by atoms with van der Waals surface area (Å²) in [5.74, 6) is 2.16. The standard InChI is InChI=1S/C21H36N4O2/c1-5-22-20(26)16-27-19-12-9-11-18(14-19)15-25-21(23-6-2)24-13-8-7-10-17(3)4/h9,11-12,14,17H,5-8,10,13,15-16H2,1-4H3,(H,22,26)(H2,23,24,25). The van der Waals surface area contributed by atoms with E-state index in [1.54, 1.807) is 0 Å². The number of unbranched alkanes of at least 4 members (excludes halogenated alkanes) is 1. The van der Waals surface area contributed by atoms with Crippen molar-refractivity contribution in [3.8, 4) is 5.75 Å². The lowest BCUT2D eigenvalue weighted by molar-refractivity contribution is -0.122. The number of nitrogens with zero attached hydrogens (tertiary/aromatic N) is 1. The van der Waals surface area contributed by atoms with Gasteiger partial charge in [0.1, 0.15) is 5.75 Å². The number of carbonyl (C=O) groups excluding carboxylic acids is 1. The summed E-state index contributed by atoms with van der Waals surface area (Å²) in [5.41, 5.74) is 1.04. The van der Waals surface area contributed by atoms with Gasteiger partial charge in [-0.1, -0.05) is 38.8 Å². The topological polar surface area (TPSA) is 74.8 Å². The minimum Gasteiger partial charge on any atom is -0.484 e. The lowest BCUT2D eigenvalue weighted by Gasteiger charge is -2.12. The molecule has 0 radical (unpaired) electrons. The fraction of sp³-hybridized carbons (Fsp3) is 0.619. The zero-order valence-electron chi connectivity index (χ0n) is 17.3. The van der Waals surface area contributed by atoms with Crippen molar-refractivity contribution in [1.82, 2.24) is 16.0 Å². The Morgan fingerprint density at radius 2 is 1.89 bits per heavy atom. The third-order valence-corrected chi connectivity index (χ3v) is 3.91. The molecule has 152 valence electrons. The van der Waals surface area contributed by atoms with Crippen molar-refractivity contribution in [3.05, 3.63) is 29.8 Å². The minimum atomic E-state index is -0.114. The van der Waals surface area contributed by atoms with Gasteiger partial charge in [0.15, 0.2) is 12.6 Å². The van der Waals surface area contributed by atoms with E-state index in [-0.39, 0.29) is 12.5 Å². The molecule has 0 aliphatic heterocycles. The van der Waals surface area contributed by atoms with Gasteiger partial charge in [-0.3, -0.25) is 4.79 Å². The van der Waals surface area contributed by atoms with Gasteiger partial charge in [0, 0.05) is 19.6 Å². The average molecular weight is 377 g/mol. The summed E-state index contributed by atoms with van der Waals surface area (Å²) in [5, 5.41) is 9.38. The van der Waals surface area contributed by atoms with E-state index >= 15 is 0 Å². The predicted octanol–water partition coefficient (Wildman–Crippen LogP) is 3.08. The highest BCUT2D eigenvalue weighted by Crippen LogP contribution is 2.14.